The van der Waals surface area contributed by atoms with Gasteiger partial charge >= 0.3 is 5.97 Å². The van der Waals surface area contributed by atoms with Crippen LogP contribution in [0.1, 0.15) is 6.92 Å². The summed E-state index contributed by atoms with van der Waals surface area (Å²) in [5, 5.41) is 34.4. The van der Waals surface area contributed by atoms with Gasteiger partial charge in [-0.25, -0.2) is 4.79 Å². The number of carbonyl (C=O) groups is 2. The maximum atomic E-state index is 10.5. The minimum Gasteiger partial charge on any atom is -0.479 e. The van der Waals surface area contributed by atoms with Crippen LogP contribution in [-0.4, -0.2) is 50.5 Å². The first kappa shape index (κ1) is 11.0. The van der Waals surface area contributed by atoms with E-state index in [0.29, 0.717) is 0 Å². The van der Waals surface area contributed by atoms with E-state index in [1.165, 1.54) is 0 Å². The third-order valence-electron chi connectivity index (χ3n) is 1.43. The predicted molar refractivity (Wildman–Crippen MR) is 36.4 cm³/mol. The lowest BCUT2D eigenvalue weighted by Gasteiger charge is -2.22. The Hall–Kier alpha value is -0.980. The number of aliphatic carboxylic acids is 1. The van der Waals surface area contributed by atoms with Crippen molar-refractivity contribution in [3.63, 3.8) is 0 Å². The van der Waals surface area contributed by atoms with E-state index in [1.54, 1.807) is 0 Å². The number of carboxylic acid groups (broad SMARTS) is 1. The summed E-state index contributed by atoms with van der Waals surface area (Å²) in [6.07, 6.45) is -2.11. The van der Waals surface area contributed by atoms with Gasteiger partial charge in [-0.15, -0.1) is 0 Å². The van der Waals surface area contributed by atoms with Crippen molar-refractivity contribution >= 4 is 11.8 Å². The summed E-state index contributed by atoms with van der Waals surface area (Å²) < 4.78 is 0. The smallest absolute Gasteiger partial charge is 0.338 e. The van der Waals surface area contributed by atoms with Crippen molar-refractivity contribution in [1.82, 2.24) is 0 Å². The van der Waals surface area contributed by atoms with Crippen LogP contribution in [0.4, 0.5) is 0 Å². The average molecular weight is 178 g/mol. The first-order chi connectivity index (χ1) is 5.34. The number of carboxylic acids is 1. The number of aliphatic hydroxyl groups excluding tert-OH is 2. The van der Waals surface area contributed by atoms with Crippen LogP contribution in [0.5, 0.6) is 0 Å². The molecule has 0 aliphatic heterocycles. The summed E-state index contributed by atoms with van der Waals surface area (Å²) in [5.41, 5.74) is -2.56. The van der Waals surface area contributed by atoms with Crippen molar-refractivity contribution in [2.45, 2.75) is 18.6 Å². The highest BCUT2D eigenvalue weighted by atomic mass is 16.4. The Balaban J connectivity index is 4.56. The fourth-order valence-corrected chi connectivity index (χ4v) is 0.517. The fraction of sp³-hybridized carbons (Fsp3) is 0.667. The van der Waals surface area contributed by atoms with Gasteiger partial charge < -0.3 is 20.4 Å². The molecule has 12 heavy (non-hydrogen) atoms. The van der Waals surface area contributed by atoms with Gasteiger partial charge in [-0.05, 0) is 6.92 Å². The second-order valence-electron chi connectivity index (χ2n) is 2.48. The van der Waals surface area contributed by atoms with Gasteiger partial charge in [0.05, 0.1) is 0 Å². The van der Waals surface area contributed by atoms with Crippen LogP contribution in [0.2, 0.25) is 0 Å². The second kappa shape index (κ2) is 3.61. The Labute approximate surface area is 68.1 Å². The van der Waals surface area contributed by atoms with Crippen LogP contribution in [0.15, 0.2) is 0 Å². The number of hydrogen-bond donors (Lipinski definition) is 4. The molecule has 0 heterocycles. The lowest BCUT2D eigenvalue weighted by molar-refractivity contribution is -0.173. The van der Waals surface area contributed by atoms with E-state index in [4.69, 9.17) is 20.4 Å². The van der Waals surface area contributed by atoms with Crippen molar-refractivity contribution in [1.29, 1.82) is 0 Å². The van der Waals surface area contributed by atoms with Gasteiger partial charge in [0.15, 0.2) is 17.5 Å². The number of hydrogen-bond acceptors (Lipinski definition) is 5. The Bertz CT molecular complexity index is 196. The number of aliphatic hydroxyl groups is 3. The largest absolute Gasteiger partial charge is 0.479 e. The molecule has 0 saturated heterocycles. The van der Waals surface area contributed by atoms with Gasteiger partial charge in [-0.1, -0.05) is 0 Å². The Morgan fingerprint density at radius 1 is 1.50 bits per heavy atom. The van der Waals surface area contributed by atoms with Crippen molar-refractivity contribution in [3.05, 3.63) is 0 Å². The van der Waals surface area contributed by atoms with Crippen LogP contribution in [-0.2, 0) is 9.59 Å². The fourth-order valence-electron chi connectivity index (χ4n) is 0.517. The highest BCUT2D eigenvalue weighted by Crippen LogP contribution is 2.10. The SMILES string of the molecule is CC(O)(C(=O)O)C(O)C(=O)CO. The summed E-state index contributed by atoms with van der Waals surface area (Å²) in [7, 11) is 0. The zero-order valence-electron chi connectivity index (χ0n) is 6.39. The molecule has 0 aromatic heterocycles. The maximum Gasteiger partial charge on any atom is 0.338 e. The normalized spacial score (nSPS) is 18.0. The Morgan fingerprint density at radius 2 is 1.92 bits per heavy atom. The van der Waals surface area contributed by atoms with E-state index in [1.807, 2.05) is 0 Å². The van der Waals surface area contributed by atoms with Crippen molar-refractivity contribution in [3.8, 4) is 0 Å². The molecule has 2 atom stereocenters. The van der Waals surface area contributed by atoms with Crippen LogP contribution >= 0.6 is 0 Å². The summed E-state index contributed by atoms with van der Waals surface area (Å²) in [6, 6.07) is 0. The first-order valence-corrected chi connectivity index (χ1v) is 3.11. The molecule has 0 aromatic rings. The zero-order chi connectivity index (χ0) is 9.94. The maximum absolute atomic E-state index is 10.5. The molecule has 0 radical (unpaired) electrons. The van der Waals surface area contributed by atoms with E-state index >= 15 is 0 Å². The molecule has 70 valence electrons. The highest BCUT2D eigenvalue weighted by molar-refractivity contribution is 5.92. The van der Waals surface area contributed by atoms with Gasteiger partial charge in [0.2, 0.25) is 0 Å². The quantitative estimate of drug-likeness (QED) is 0.386. The molecule has 4 N–H and O–H groups in total. The summed E-state index contributed by atoms with van der Waals surface area (Å²) in [5.74, 6) is -2.86. The minimum absolute atomic E-state index is 0.771. The molecule has 0 fully saturated rings. The molecule has 0 bridgehead atoms. The number of rotatable bonds is 4. The van der Waals surface area contributed by atoms with Crippen molar-refractivity contribution < 1.29 is 30.0 Å². The average Bonchev–Trinajstić information content (AvgIpc) is 2.01. The monoisotopic (exact) mass is 178 g/mol. The van der Waals surface area contributed by atoms with Crippen LogP contribution in [0.25, 0.3) is 0 Å². The Kier molecular flexibility index (Phi) is 3.32. The van der Waals surface area contributed by atoms with E-state index in [2.05, 4.69) is 0 Å². The molecule has 0 aliphatic rings. The van der Waals surface area contributed by atoms with Gasteiger partial charge in [-0.3, -0.25) is 4.79 Å². The van der Waals surface area contributed by atoms with E-state index in [-0.39, 0.29) is 0 Å². The molecule has 6 heteroatoms. The molecule has 0 saturated carbocycles. The van der Waals surface area contributed by atoms with Crippen LogP contribution in [0.3, 0.4) is 0 Å². The van der Waals surface area contributed by atoms with Gasteiger partial charge in [0.25, 0.3) is 0 Å². The molecule has 0 aromatic carbocycles. The Morgan fingerprint density at radius 3 is 2.17 bits per heavy atom. The molecule has 0 amide bonds. The van der Waals surface area contributed by atoms with Crippen molar-refractivity contribution in [2.75, 3.05) is 6.61 Å². The van der Waals surface area contributed by atoms with Crippen LogP contribution in [0, 0.1) is 0 Å². The summed E-state index contributed by atoms with van der Waals surface area (Å²) >= 11 is 0. The van der Waals surface area contributed by atoms with Gasteiger partial charge in [0.1, 0.15) is 6.61 Å². The number of Topliss-reactive ketones (excluding diaryl/α,β-unsaturated/α-hetero) is 1. The third kappa shape index (κ3) is 2.00. The van der Waals surface area contributed by atoms with Gasteiger partial charge in [-0.2, -0.15) is 0 Å². The molecule has 2 unspecified atom stereocenters. The van der Waals surface area contributed by atoms with Gasteiger partial charge in [0, 0.05) is 0 Å². The zero-order valence-corrected chi connectivity index (χ0v) is 6.39. The molecular weight excluding hydrogens is 168 g/mol. The lowest BCUT2D eigenvalue weighted by Crippen LogP contribution is -2.51. The molecule has 6 nitrogen and oxygen atoms in total. The number of carbonyl (C=O) groups excluding carboxylic acids is 1. The summed E-state index contributed by atoms with van der Waals surface area (Å²) in [6.45, 7) is -0.238. The second-order valence-corrected chi connectivity index (χ2v) is 2.48. The molecule has 0 aliphatic carbocycles. The lowest BCUT2D eigenvalue weighted by atomic mass is 9.96. The standard InChI is InChI=1S/C6H10O6/c1-6(12,5(10)11)4(9)3(8)2-7/h4,7,9,12H,2H2,1H3,(H,10,11). The van der Waals surface area contributed by atoms with Crippen LogP contribution < -0.4 is 0 Å². The minimum atomic E-state index is -2.56. The highest BCUT2D eigenvalue weighted by Gasteiger charge is 2.42. The molecule has 0 rings (SSSR count). The van der Waals surface area contributed by atoms with Crippen molar-refractivity contribution in [2.24, 2.45) is 0 Å². The molecule has 0 spiro atoms. The predicted octanol–water partition coefficient (Wildman–Crippen LogP) is -2.26. The molecular formula is C6H10O6. The van der Waals surface area contributed by atoms with E-state index in [9.17, 15) is 9.59 Å². The number of ketones is 1. The summed E-state index contributed by atoms with van der Waals surface area (Å²) in [4.78, 5) is 20.8. The first-order valence-electron chi connectivity index (χ1n) is 3.11. The third-order valence-corrected chi connectivity index (χ3v) is 1.43. The van der Waals surface area contributed by atoms with E-state index in [0.717, 1.165) is 6.92 Å². The van der Waals surface area contributed by atoms with E-state index < -0.39 is 30.1 Å². The topological polar surface area (TPSA) is 115 Å².